The van der Waals surface area contributed by atoms with Crippen molar-refractivity contribution < 1.29 is 81.6 Å². The second-order valence-electron chi connectivity index (χ2n) is 7.01. The van der Waals surface area contributed by atoms with Gasteiger partial charge in [-0.05, 0) is 37.1 Å². The molecule has 3 atom stereocenters. The number of aromatic amines is 1. The first-order valence-corrected chi connectivity index (χ1v) is 10.6. The first kappa shape index (κ1) is 35.5. The van der Waals surface area contributed by atoms with Crippen LogP contribution in [0.25, 0.3) is 22.6 Å². The number of benzene rings is 1. The molecule has 0 saturated heterocycles. The Morgan fingerprint density at radius 2 is 1.54 bits per heavy atom. The summed E-state index contributed by atoms with van der Waals surface area (Å²) in [6, 6.07) is 3.53. The summed E-state index contributed by atoms with van der Waals surface area (Å²) in [6.45, 7) is 2.73. The fourth-order valence-corrected chi connectivity index (χ4v) is 2.89. The van der Waals surface area contributed by atoms with Crippen LogP contribution in [0.5, 0.6) is 0 Å². The number of H-pyrrole nitrogens is 1. The van der Waals surface area contributed by atoms with Gasteiger partial charge in [-0.1, -0.05) is 0 Å². The minimum Gasteiger partial charge on any atom is -1.00 e. The standard InChI is InChI=1S/C17H20N4O6.Na.H3O4P.2H2O.H/c1-7-3-9-10(4-8(7)2)21(5-11(23)14(25)12(24)6-22)15-13(18-9)16(26)20-17(27)19-15;;1-5(2,3)4;;;/h3-4,11-12,14,22-25H,5-6H2,1-2H3,(H,20,26,27);;(H3,1,2,3,4);2*1H2;/q;+1;;;;-1/t11-,12+,14-;;;;;/m0...../s1. The Labute approximate surface area is 220 Å². The molecule has 0 bridgehead atoms. The van der Waals surface area contributed by atoms with E-state index in [9.17, 15) is 24.9 Å². The monoisotopic (exact) mass is 534 g/mol. The third-order valence-electron chi connectivity index (χ3n) is 4.57. The molecule has 0 radical (unpaired) electrons. The molecule has 2 aliphatic heterocycles. The summed E-state index contributed by atoms with van der Waals surface area (Å²) in [5.74, 6) is -0.0516. The molecule has 16 nitrogen and oxygen atoms in total. The van der Waals surface area contributed by atoms with Gasteiger partial charge in [0.2, 0.25) is 0 Å². The number of aliphatic hydroxyl groups excluding tert-OH is 4. The maximum Gasteiger partial charge on any atom is 1.00 e. The van der Waals surface area contributed by atoms with Crippen LogP contribution in [0.15, 0.2) is 21.7 Å². The molecule has 2 aliphatic rings. The van der Waals surface area contributed by atoms with E-state index in [1.807, 2.05) is 13.8 Å². The third-order valence-corrected chi connectivity index (χ3v) is 4.57. The normalized spacial score (nSPS) is 13.4. The van der Waals surface area contributed by atoms with E-state index < -0.39 is 44.0 Å². The van der Waals surface area contributed by atoms with Crippen molar-refractivity contribution in [1.82, 2.24) is 19.5 Å². The number of nitrogens with one attached hydrogen (secondary N) is 1. The number of hydrogen-bond donors (Lipinski definition) is 8. The topological polar surface area (TPSA) is 302 Å². The van der Waals surface area contributed by atoms with Crippen LogP contribution < -0.4 is 40.8 Å². The van der Waals surface area contributed by atoms with E-state index in [0.29, 0.717) is 11.0 Å². The Hall–Kier alpha value is -1.63. The molecule has 0 fully saturated rings. The van der Waals surface area contributed by atoms with Crippen molar-refractivity contribution in [2.75, 3.05) is 6.61 Å². The molecule has 0 unspecified atom stereocenters. The van der Waals surface area contributed by atoms with E-state index in [2.05, 4.69) is 15.0 Å². The molecule has 1 aromatic rings. The van der Waals surface area contributed by atoms with Gasteiger partial charge in [0.15, 0.2) is 11.5 Å². The van der Waals surface area contributed by atoms with Gasteiger partial charge in [0.25, 0.3) is 5.56 Å². The Morgan fingerprint density at radius 1 is 1.03 bits per heavy atom. The number of rotatable bonds is 5. The van der Waals surface area contributed by atoms with E-state index in [-0.39, 0.29) is 60.0 Å². The molecule has 35 heavy (non-hydrogen) atoms. The Balaban J connectivity index is -0.00000111. The van der Waals surface area contributed by atoms with Gasteiger partial charge < -0.3 is 52.1 Å². The van der Waals surface area contributed by atoms with Crippen LogP contribution in [0, 0.1) is 13.8 Å². The Bertz CT molecular complexity index is 1240. The summed E-state index contributed by atoms with van der Waals surface area (Å²) in [5.41, 5.74) is 1.11. The summed E-state index contributed by atoms with van der Waals surface area (Å²) in [6.07, 6.45) is -4.68. The van der Waals surface area contributed by atoms with Crippen molar-refractivity contribution in [3.63, 3.8) is 0 Å². The first-order valence-electron chi connectivity index (χ1n) is 9.08. The number of nitrogens with zero attached hydrogens (tertiary/aromatic N) is 3. The summed E-state index contributed by atoms with van der Waals surface area (Å²) in [4.78, 5) is 55.6. The molecule has 1 aromatic carbocycles. The van der Waals surface area contributed by atoms with Crippen molar-refractivity contribution in [2.24, 2.45) is 0 Å². The molecule has 0 aliphatic carbocycles. The van der Waals surface area contributed by atoms with Crippen molar-refractivity contribution in [3.8, 4) is 11.5 Å². The average molecular weight is 534 g/mol. The van der Waals surface area contributed by atoms with Gasteiger partial charge in [0, 0.05) is 0 Å². The molecule has 12 N–H and O–H groups in total. The minimum absolute atomic E-state index is 0. The van der Waals surface area contributed by atoms with Gasteiger partial charge in [-0.15, -0.1) is 0 Å². The van der Waals surface area contributed by atoms with E-state index in [1.165, 1.54) is 4.57 Å². The molecule has 194 valence electrons. The van der Waals surface area contributed by atoms with Crippen molar-refractivity contribution in [3.05, 3.63) is 44.1 Å². The predicted octanol–water partition coefficient (Wildman–Crippen LogP) is -7.19. The van der Waals surface area contributed by atoms with Crippen LogP contribution in [0.2, 0.25) is 0 Å². The number of aryl methyl sites for hydroxylation is 2. The molecular formula is C17H28N4NaO12P. The van der Waals surface area contributed by atoms with Gasteiger partial charge in [-0.2, -0.15) is 4.98 Å². The predicted molar refractivity (Wildman–Crippen MR) is 118 cm³/mol. The van der Waals surface area contributed by atoms with Gasteiger partial charge in [-0.25, -0.2) is 14.3 Å². The van der Waals surface area contributed by atoms with E-state index in [4.69, 9.17) is 24.4 Å². The summed E-state index contributed by atoms with van der Waals surface area (Å²) in [5, 5.41) is 38.8. The summed E-state index contributed by atoms with van der Waals surface area (Å²) in [7, 11) is -4.64. The zero-order valence-electron chi connectivity index (χ0n) is 19.9. The fourth-order valence-electron chi connectivity index (χ4n) is 2.89. The Kier molecular flexibility index (Phi) is 14.4. The zero-order valence-corrected chi connectivity index (χ0v) is 21.8. The fraction of sp³-hybridized carbons (Fsp3) is 0.412. The van der Waals surface area contributed by atoms with Crippen LogP contribution in [0.1, 0.15) is 12.6 Å². The molecule has 2 heterocycles. The number of fused-ring (bicyclic) bond motifs is 2. The number of hydrogen-bond acceptors (Lipinski definition) is 9. The first-order chi connectivity index (χ1) is 14.7. The number of phosphoric acid groups is 1. The Morgan fingerprint density at radius 3 is 2.06 bits per heavy atom. The maximum absolute atomic E-state index is 12.2. The zero-order chi connectivity index (χ0) is 24.4. The number of aromatic nitrogens is 4. The average Bonchev–Trinajstić information content (AvgIpc) is 2.67. The van der Waals surface area contributed by atoms with Gasteiger partial charge in [0.1, 0.15) is 18.3 Å². The van der Waals surface area contributed by atoms with Gasteiger partial charge in [0.05, 0.1) is 24.2 Å². The van der Waals surface area contributed by atoms with Gasteiger partial charge in [-0.3, -0.25) is 9.78 Å². The van der Waals surface area contributed by atoms with E-state index >= 15 is 0 Å². The van der Waals surface area contributed by atoms with Crippen LogP contribution in [0.4, 0.5) is 0 Å². The molecule has 0 aromatic heterocycles. The van der Waals surface area contributed by atoms with Crippen molar-refractivity contribution in [2.45, 2.75) is 38.7 Å². The maximum atomic E-state index is 12.2. The third kappa shape index (κ3) is 9.40. The van der Waals surface area contributed by atoms with Crippen molar-refractivity contribution >= 4 is 18.9 Å². The van der Waals surface area contributed by atoms with Crippen LogP contribution in [-0.4, -0.2) is 90.5 Å². The SMILES string of the molecule is Cc1cc2nc3c(=O)[nH]c(=O)nc-3n(C[C@H](O)[C@H](O)[C@H](O)CO)c2cc1C.O.O.O=P(O)(O)O.[H-].[Na+]. The summed E-state index contributed by atoms with van der Waals surface area (Å²) < 4.78 is 10.3. The molecular weight excluding hydrogens is 506 g/mol. The second-order valence-corrected chi connectivity index (χ2v) is 8.04. The van der Waals surface area contributed by atoms with Crippen LogP contribution >= 0.6 is 7.82 Å². The van der Waals surface area contributed by atoms with Crippen LogP contribution in [0.3, 0.4) is 0 Å². The molecule has 0 amide bonds. The molecule has 18 heteroatoms. The van der Waals surface area contributed by atoms with Crippen LogP contribution in [-0.2, 0) is 11.1 Å². The molecule has 3 rings (SSSR count). The molecule has 0 saturated carbocycles. The van der Waals surface area contributed by atoms with E-state index in [0.717, 1.165) is 11.1 Å². The summed E-state index contributed by atoms with van der Waals surface area (Å²) >= 11 is 0. The van der Waals surface area contributed by atoms with Gasteiger partial charge >= 0.3 is 43.1 Å². The van der Waals surface area contributed by atoms with E-state index in [1.54, 1.807) is 12.1 Å². The minimum atomic E-state index is -4.64. The quantitative estimate of drug-likeness (QED) is 0.0860. The number of aliphatic hydroxyl groups is 4. The molecule has 0 spiro atoms. The smallest absolute Gasteiger partial charge is 1.00 e. The largest absolute Gasteiger partial charge is 1.00 e. The van der Waals surface area contributed by atoms with Crippen molar-refractivity contribution in [1.29, 1.82) is 0 Å². The second kappa shape index (κ2) is 14.2.